The number of likely N-dealkylation sites (tertiary alicyclic amines) is 2. The van der Waals surface area contributed by atoms with Crippen LogP contribution in [0.4, 0.5) is 13.2 Å². The van der Waals surface area contributed by atoms with Crippen molar-refractivity contribution in [2.75, 3.05) is 40.4 Å². The molecule has 2 aliphatic rings. The van der Waals surface area contributed by atoms with Gasteiger partial charge in [0.1, 0.15) is 12.1 Å². The van der Waals surface area contributed by atoms with Gasteiger partial charge in [-0.1, -0.05) is 105 Å². The number of alkyl halides is 3. The predicted octanol–water partition coefficient (Wildman–Crippen LogP) is 6.46. The fourth-order valence-corrected chi connectivity index (χ4v) is 7.42. The maximum absolute atomic E-state index is 14.5. The monoisotopic (exact) mass is 761 g/mol. The molecular weight excluding hydrogens is 707 g/mol. The van der Waals surface area contributed by atoms with Crippen LogP contribution in [0.25, 0.3) is 6.08 Å². The zero-order valence-corrected chi connectivity index (χ0v) is 32.0. The quantitative estimate of drug-likeness (QED) is 0.114. The number of benzene rings is 3. The van der Waals surface area contributed by atoms with E-state index >= 15 is 0 Å². The van der Waals surface area contributed by atoms with Crippen molar-refractivity contribution in [3.8, 4) is 0 Å². The molecule has 55 heavy (non-hydrogen) atoms. The van der Waals surface area contributed by atoms with Gasteiger partial charge in [-0.2, -0.15) is 13.2 Å². The Labute approximate surface area is 322 Å². The number of carbonyl (C=O) groups excluding carboxylic acids is 3. The van der Waals surface area contributed by atoms with Crippen LogP contribution in [0, 0.1) is 0 Å². The number of piperidine rings is 1. The number of halogens is 3. The zero-order valence-electron chi connectivity index (χ0n) is 32.0. The molecule has 2 heterocycles. The van der Waals surface area contributed by atoms with E-state index in [-0.39, 0.29) is 43.0 Å². The van der Waals surface area contributed by atoms with Gasteiger partial charge in [0.25, 0.3) is 0 Å². The summed E-state index contributed by atoms with van der Waals surface area (Å²) in [6.45, 7) is 4.29. The number of rotatable bonds is 18. The van der Waals surface area contributed by atoms with Crippen molar-refractivity contribution in [1.29, 1.82) is 0 Å². The number of nitrogens with one attached hydrogen (secondary N) is 2. The van der Waals surface area contributed by atoms with E-state index in [9.17, 15) is 27.6 Å². The summed E-state index contributed by atoms with van der Waals surface area (Å²) in [5, 5.41) is 7.06. The molecule has 3 aromatic carbocycles. The van der Waals surface area contributed by atoms with Crippen LogP contribution in [0.15, 0.2) is 91.0 Å². The van der Waals surface area contributed by atoms with Crippen LogP contribution in [0.5, 0.6) is 0 Å². The lowest BCUT2D eigenvalue weighted by Gasteiger charge is -2.51. The molecule has 0 aliphatic carbocycles. The van der Waals surface area contributed by atoms with Gasteiger partial charge in [0.05, 0.1) is 30.7 Å². The van der Waals surface area contributed by atoms with E-state index in [1.807, 2.05) is 72.8 Å². The molecule has 9 nitrogen and oxygen atoms in total. The Bertz CT molecular complexity index is 1720. The second-order valence-corrected chi connectivity index (χ2v) is 14.5. The lowest BCUT2D eigenvalue weighted by Crippen LogP contribution is -2.74. The molecule has 2 aliphatic heterocycles. The van der Waals surface area contributed by atoms with Crippen LogP contribution in [-0.4, -0.2) is 97.0 Å². The summed E-state index contributed by atoms with van der Waals surface area (Å²) in [6, 6.07) is 21.4. The molecule has 2 fully saturated rings. The largest absolute Gasteiger partial charge is 0.416 e. The molecule has 0 radical (unpaired) electrons. The molecule has 12 heteroatoms. The number of ether oxygens (including phenoxy) is 1. The molecule has 0 bridgehead atoms. The van der Waals surface area contributed by atoms with Crippen molar-refractivity contribution in [3.63, 3.8) is 0 Å². The summed E-state index contributed by atoms with van der Waals surface area (Å²) in [5.74, 6) is -1.13. The smallest absolute Gasteiger partial charge is 0.383 e. The Morgan fingerprint density at radius 2 is 1.67 bits per heavy atom. The highest BCUT2D eigenvalue weighted by molar-refractivity contribution is 5.98. The van der Waals surface area contributed by atoms with E-state index in [2.05, 4.69) is 17.6 Å². The van der Waals surface area contributed by atoms with E-state index in [1.54, 1.807) is 12.0 Å². The third kappa shape index (κ3) is 11.3. The van der Waals surface area contributed by atoms with Crippen molar-refractivity contribution in [3.05, 3.63) is 113 Å². The van der Waals surface area contributed by atoms with Crippen molar-refractivity contribution in [2.45, 2.75) is 88.4 Å². The maximum atomic E-state index is 14.5. The average Bonchev–Trinajstić information content (AvgIpc) is 3.19. The second kappa shape index (κ2) is 19.9. The lowest BCUT2D eigenvalue weighted by atomic mass is 9.88. The van der Waals surface area contributed by atoms with Crippen LogP contribution in [0.2, 0.25) is 0 Å². The maximum Gasteiger partial charge on any atom is 0.416 e. The molecule has 0 saturated carbocycles. The highest BCUT2D eigenvalue weighted by Crippen LogP contribution is 2.32. The van der Waals surface area contributed by atoms with Gasteiger partial charge in [0.15, 0.2) is 0 Å². The number of carbonyl (C=O) groups is 3. The Morgan fingerprint density at radius 3 is 2.33 bits per heavy atom. The molecule has 0 spiro atoms. The van der Waals surface area contributed by atoms with E-state index in [0.29, 0.717) is 19.1 Å². The number of likely N-dealkylation sites (N-methyl/N-ethyl adjacent to an activating group) is 1. The summed E-state index contributed by atoms with van der Waals surface area (Å²) in [7, 11) is 3.08. The predicted molar refractivity (Wildman–Crippen MR) is 208 cm³/mol. The normalized spacial score (nSPS) is 19.0. The summed E-state index contributed by atoms with van der Waals surface area (Å²) in [6.07, 6.45) is 3.93. The van der Waals surface area contributed by atoms with Gasteiger partial charge in [-0.3, -0.25) is 19.7 Å². The number of hydrogen-bond donors (Lipinski definition) is 2. The van der Waals surface area contributed by atoms with Crippen LogP contribution in [-0.2, 0) is 31.8 Å². The molecule has 0 aromatic heterocycles. The zero-order chi connectivity index (χ0) is 39.4. The SMILES string of the molecule is CCCCCNC1CCN(C(=O)CC(C(=O)N(C)Cc2cccc(C(F)(F)F)c2)N2C(=O)C(NC(COC)c3ccccc3)C2C=Cc2ccccc2)CC1. The van der Waals surface area contributed by atoms with Crippen LogP contribution in [0.1, 0.15) is 73.7 Å². The Hall–Kier alpha value is -4.52. The Balaban J connectivity index is 1.42. The molecule has 5 rings (SSSR count). The summed E-state index contributed by atoms with van der Waals surface area (Å²) < 4.78 is 46.2. The first-order valence-corrected chi connectivity index (χ1v) is 19.3. The molecular formula is C43H54F3N5O4. The van der Waals surface area contributed by atoms with Gasteiger partial charge in [-0.15, -0.1) is 0 Å². The van der Waals surface area contributed by atoms with Crippen molar-refractivity contribution in [1.82, 2.24) is 25.3 Å². The molecule has 2 saturated heterocycles. The summed E-state index contributed by atoms with van der Waals surface area (Å²) in [4.78, 5) is 47.4. The van der Waals surface area contributed by atoms with E-state index in [4.69, 9.17) is 4.74 Å². The third-order valence-corrected chi connectivity index (χ3v) is 10.5. The minimum atomic E-state index is -4.54. The van der Waals surface area contributed by atoms with Gasteiger partial charge in [0, 0.05) is 39.8 Å². The number of unbranched alkanes of at least 4 members (excludes halogenated alkanes) is 2. The molecule has 3 aromatic rings. The first-order chi connectivity index (χ1) is 26.5. The van der Waals surface area contributed by atoms with Gasteiger partial charge < -0.3 is 24.8 Å². The van der Waals surface area contributed by atoms with Crippen molar-refractivity contribution < 1.29 is 32.3 Å². The van der Waals surface area contributed by atoms with E-state index in [0.717, 1.165) is 61.9 Å². The highest BCUT2D eigenvalue weighted by atomic mass is 19.4. The average molecular weight is 762 g/mol. The van der Waals surface area contributed by atoms with Gasteiger partial charge in [-0.05, 0) is 54.6 Å². The number of amides is 3. The molecule has 4 atom stereocenters. The number of nitrogens with zero attached hydrogens (tertiary/aromatic N) is 3. The van der Waals surface area contributed by atoms with Gasteiger partial charge in [-0.25, -0.2) is 0 Å². The number of hydrogen-bond acceptors (Lipinski definition) is 6. The first kappa shape index (κ1) is 41.6. The van der Waals surface area contributed by atoms with Crippen LogP contribution in [0.3, 0.4) is 0 Å². The highest BCUT2D eigenvalue weighted by Gasteiger charge is 2.52. The first-order valence-electron chi connectivity index (χ1n) is 19.3. The molecule has 296 valence electrons. The Kier molecular flexibility index (Phi) is 15.1. The molecule has 2 N–H and O–H groups in total. The molecule has 3 amide bonds. The number of β-lactam (4-membered cyclic amide) rings is 1. The Morgan fingerprint density at radius 1 is 0.982 bits per heavy atom. The minimum absolute atomic E-state index is 0.138. The fraction of sp³-hybridized carbons (Fsp3) is 0.465. The molecule has 4 unspecified atom stereocenters. The lowest BCUT2D eigenvalue weighted by molar-refractivity contribution is -0.162. The summed E-state index contributed by atoms with van der Waals surface area (Å²) in [5.41, 5.74) is 1.28. The van der Waals surface area contributed by atoms with Crippen LogP contribution >= 0.6 is 0 Å². The van der Waals surface area contributed by atoms with Crippen LogP contribution < -0.4 is 10.6 Å². The van der Waals surface area contributed by atoms with Gasteiger partial charge >= 0.3 is 6.18 Å². The van der Waals surface area contributed by atoms with E-state index in [1.165, 1.54) is 29.0 Å². The van der Waals surface area contributed by atoms with Gasteiger partial charge in [0.2, 0.25) is 17.7 Å². The summed E-state index contributed by atoms with van der Waals surface area (Å²) >= 11 is 0. The second-order valence-electron chi connectivity index (χ2n) is 14.5. The topological polar surface area (TPSA) is 94.2 Å². The fourth-order valence-electron chi connectivity index (χ4n) is 7.42. The number of methoxy groups -OCH3 is 1. The van der Waals surface area contributed by atoms with Crippen molar-refractivity contribution in [2.24, 2.45) is 0 Å². The standard InChI is InChI=1S/C43H54F3N5O4/c1-4-5-12-24-47-35-22-25-50(26-23-35)39(52)28-38(41(53)49(2)29-32-16-13-19-34(27-32)43(44,45)46)51-37(21-20-31-14-8-6-9-15-31)40(42(51)54)48-36(30-55-3)33-17-10-7-11-18-33/h6-11,13-21,27,35-38,40,47-48H,4-5,12,22-26,28-30H2,1-3H3. The minimum Gasteiger partial charge on any atom is -0.383 e. The van der Waals surface area contributed by atoms with Crippen molar-refractivity contribution >= 4 is 23.8 Å². The third-order valence-electron chi connectivity index (χ3n) is 10.5. The van der Waals surface area contributed by atoms with E-state index < -0.39 is 35.8 Å².